The van der Waals surface area contributed by atoms with E-state index < -0.39 is 12.0 Å². The first-order valence-corrected chi connectivity index (χ1v) is 12.3. The van der Waals surface area contributed by atoms with Gasteiger partial charge in [0.2, 0.25) is 0 Å². The molecular weight excluding hydrogens is 496 g/mol. The number of carbonyl (C=O) groups is 1. The molecule has 0 N–H and O–H groups in total. The zero-order chi connectivity index (χ0) is 25.2. The number of fused-ring (bicyclic) bond motifs is 1. The third kappa shape index (κ3) is 4.63. The van der Waals surface area contributed by atoms with Crippen molar-refractivity contribution in [2.24, 2.45) is 4.99 Å². The molecule has 1 aromatic heterocycles. The highest BCUT2D eigenvalue weighted by Gasteiger charge is 2.33. The standard InChI is InChI=1S/C28H21ClN2O4S/c1-17-24(27(33)34-2)25(19-11-13-20(29)14-12-19)31-26(32)23(36-28(31)30-17)16-18-7-6-10-22(15-18)35-21-8-4-3-5-9-21/h3-16,25H,1-2H3/b23-16+/t25-/m1/s1. The molecule has 6 nitrogen and oxygen atoms in total. The third-order valence-electron chi connectivity index (χ3n) is 5.75. The number of ether oxygens (including phenoxy) is 2. The van der Waals surface area contributed by atoms with Crippen LogP contribution in [0.2, 0.25) is 5.02 Å². The van der Waals surface area contributed by atoms with E-state index in [1.54, 1.807) is 41.8 Å². The Bertz CT molecular complexity index is 1650. The molecule has 4 aromatic rings. The van der Waals surface area contributed by atoms with Crippen molar-refractivity contribution in [1.29, 1.82) is 0 Å². The molecule has 8 heteroatoms. The second-order valence-electron chi connectivity index (χ2n) is 8.11. The Hall–Kier alpha value is -3.94. The Morgan fingerprint density at radius 1 is 1.03 bits per heavy atom. The van der Waals surface area contributed by atoms with E-state index in [0.717, 1.165) is 16.9 Å². The maximum absolute atomic E-state index is 13.7. The van der Waals surface area contributed by atoms with Crippen molar-refractivity contribution in [1.82, 2.24) is 4.57 Å². The fourth-order valence-corrected chi connectivity index (χ4v) is 5.27. The number of esters is 1. The van der Waals surface area contributed by atoms with Crippen molar-refractivity contribution in [3.05, 3.63) is 126 Å². The van der Waals surface area contributed by atoms with Gasteiger partial charge in [0.1, 0.15) is 11.5 Å². The summed E-state index contributed by atoms with van der Waals surface area (Å²) in [6.45, 7) is 1.75. The van der Waals surface area contributed by atoms with E-state index in [4.69, 9.17) is 21.1 Å². The van der Waals surface area contributed by atoms with Crippen LogP contribution in [0.25, 0.3) is 6.08 Å². The smallest absolute Gasteiger partial charge is 0.338 e. The number of para-hydroxylation sites is 1. The zero-order valence-electron chi connectivity index (χ0n) is 19.5. The number of hydrogen-bond acceptors (Lipinski definition) is 6. The molecule has 0 saturated heterocycles. The first kappa shape index (κ1) is 23.8. The fraction of sp³-hybridized carbons (Fsp3) is 0.107. The normalized spacial score (nSPS) is 15.3. The lowest BCUT2D eigenvalue weighted by atomic mass is 9.96. The number of benzene rings is 3. The van der Waals surface area contributed by atoms with E-state index in [-0.39, 0.29) is 5.56 Å². The minimum absolute atomic E-state index is 0.248. The number of thiazole rings is 1. The van der Waals surface area contributed by atoms with E-state index in [2.05, 4.69) is 4.99 Å². The molecule has 0 aliphatic carbocycles. The van der Waals surface area contributed by atoms with Crippen molar-refractivity contribution in [3.63, 3.8) is 0 Å². The first-order chi connectivity index (χ1) is 17.4. The molecule has 0 saturated carbocycles. The van der Waals surface area contributed by atoms with Crippen LogP contribution in [-0.2, 0) is 9.53 Å². The number of rotatable bonds is 5. The Labute approximate surface area is 216 Å². The van der Waals surface area contributed by atoms with Gasteiger partial charge in [-0.3, -0.25) is 9.36 Å². The maximum Gasteiger partial charge on any atom is 0.338 e. The van der Waals surface area contributed by atoms with Crippen molar-refractivity contribution < 1.29 is 14.3 Å². The summed E-state index contributed by atoms with van der Waals surface area (Å²) in [7, 11) is 1.32. The lowest BCUT2D eigenvalue weighted by molar-refractivity contribution is -0.136. The number of halogens is 1. The number of carbonyl (C=O) groups excluding carboxylic acids is 1. The number of allylic oxidation sites excluding steroid dienone is 1. The largest absolute Gasteiger partial charge is 0.466 e. The van der Waals surface area contributed by atoms with Crippen molar-refractivity contribution >= 4 is 35.0 Å². The number of nitrogens with zero attached hydrogens (tertiary/aromatic N) is 2. The highest BCUT2D eigenvalue weighted by atomic mass is 35.5. The highest BCUT2D eigenvalue weighted by molar-refractivity contribution is 7.07. The van der Waals surface area contributed by atoms with Gasteiger partial charge in [0.25, 0.3) is 5.56 Å². The molecule has 0 amide bonds. The zero-order valence-corrected chi connectivity index (χ0v) is 21.0. The molecule has 0 unspecified atom stereocenters. The Kier molecular flexibility index (Phi) is 6.59. The van der Waals surface area contributed by atoms with E-state index >= 15 is 0 Å². The molecule has 3 aromatic carbocycles. The molecule has 36 heavy (non-hydrogen) atoms. The maximum atomic E-state index is 13.7. The van der Waals surface area contributed by atoms with Crippen molar-refractivity contribution in [3.8, 4) is 11.5 Å². The quantitative estimate of drug-likeness (QED) is 0.355. The summed E-state index contributed by atoms with van der Waals surface area (Å²) >= 11 is 7.36. The van der Waals surface area contributed by atoms with Crippen LogP contribution in [0.5, 0.6) is 11.5 Å². The van der Waals surface area contributed by atoms with Crippen LogP contribution in [0.1, 0.15) is 24.1 Å². The summed E-state index contributed by atoms with van der Waals surface area (Å²) in [6.07, 6.45) is 1.80. The summed E-state index contributed by atoms with van der Waals surface area (Å²) in [5.41, 5.74) is 2.12. The molecular formula is C28H21ClN2O4S. The SMILES string of the molecule is COC(=O)C1=C(C)N=c2s/c(=C/c3cccc(Oc4ccccc4)c3)c(=O)n2[C@@H]1c1ccc(Cl)cc1. The van der Waals surface area contributed by atoms with E-state index in [9.17, 15) is 9.59 Å². The van der Waals surface area contributed by atoms with Crippen LogP contribution in [0.15, 0.2) is 99.9 Å². The van der Waals surface area contributed by atoms with Gasteiger partial charge >= 0.3 is 5.97 Å². The van der Waals surface area contributed by atoms with Crippen LogP contribution in [0.4, 0.5) is 0 Å². The molecule has 1 atom stereocenters. The average molecular weight is 517 g/mol. The molecule has 1 aliphatic heterocycles. The molecule has 0 radical (unpaired) electrons. The Morgan fingerprint density at radius 3 is 2.47 bits per heavy atom. The van der Waals surface area contributed by atoms with Crippen LogP contribution in [-0.4, -0.2) is 17.6 Å². The third-order valence-corrected chi connectivity index (χ3v) is 6.98. The minimum Gasteiger partial charge on any atom is -0.466 e. The van der Waals surface area contributed by atoms with Gasteiger partial charge in [-0.1, -0.05) is 65.4 Å². The fourth-order valence-electron chi connectivity index (χ4n) is 4.10. The second kappa shape index (κ2) is 9.97. The summed E-state index contributed by atoms with van der Waals surface area (Å²) in [6, 6.07) is 23.4. The van der Waals surface area contributed by atoms with Gasteiger partial charge < -0.3 is 9.47 Å². The summed E-state index contributed by atoms with van der Waals surface area (Å²) in [4.78, 5) is 31.5. The molecule has 0 fully saturated rings. The van der Waals surface area contributed by atoms with Gasteiger partial charge in [-0.2, -0.15) is 0 Å². The van der Waals surface area contributed by atoms with Gasteiger partial charge in [0, 0.05) is 5.02 Å². The van der Waals surface area contributed by atoms with E-state index in [1.165, 1.54) is 18.4 Å². The molecule has 1 aliphatic rings. The van der Waals surface area contributed by atoms with Gasteiger partial charge in [0.05, 0.1) is 29.0 Å². The average Bonchev–Trinajstić information content (AvgIpc) is 3.18. The number of methoxy groups -OCH3 is 1. The summed E-state index contributed by atoms with van der Waals surface area (Å²) in [5.74, 6) is 0.852. The minimum atomic E-state index is -0.680. The number of aromatic nitrogens is 1. The van der Waals surface area contributed by atoms with Crippen LogP contribution in [0.3, 0.4) is 0 Å². The Morgan fingerprint density at radius 2 is 1.75 bits per heavy atom. The molecule has 2 heterocycles. The van der Waals surface area contributed by atoms with Gasteiger partial charge in [0.15, 0.2) is 4.80 Å². The van der Waals surface area contributed by atoms with Crippen molar-refractivity contribution in [2.45, 2.75) is 13.0 Å². The lowest BCUT2D eigenvalue weighted by Gasteiger charge is -2.24. The Balaban J connectivity index is 1.62. The topological polar surface area (TPSA) is 69.9 Å². The van der Waals surface area contributed by atoms with Crippen molar-refractivity contribution in [2.75, 3.05) is 7.11 Å². The first-order valence-electron chi connectivity index (χ1n) is 11.1. The molecule has 5 rings (SSSR count). The predicted octanol–water partition coefficient (Wildman–Crippen LogP) is 4.85. The second-order valence-corrected chi connectivity index (χ2v) is 9.56. The van der Waals surface area contributed by atoms with Crippen LogP contribution < -0.4 is 19.6 Å². The highest BCUT2D eigenvalue weighted by Crippen LogP contribution is 2.31. The van der Waals surface area contributed by atoms with Gasteiger partial charge in [-0.25, -0.2) is 9.79 Å². The monoisotopic (exact) mass is 516 g/mol. The lowest BCUT2D eigenvalue weighted by Crippen LogP contribution is -2.39. The van der Waals surface area contributed by atoms with Gasteiger partial charge in [-0.05, 0) is 60.5 Å². The summed E-state index contributed by atoms with van der Waals surface area (Å²) < 4.78 is 13.0. The van der Waals surface area contributed by atoms with Crippen LogP contribution >= 0.6 is 22.9 Å². The summed E-state index contributed by atoms with van der Waals surface area (Å²) in [5, 5.41) is 0.559. The molecule has 0 spiro atoms. The van der Waals surface area contributed by atoms with E-state index in [1.807, 2.05) is 54.6 Å². The predicted molar refractivity (Wildman–Crippen MR) is 140 cm³/mol. The van der Waals surface area contributed by atoms with Crippen LogP contribution in [0, 0.1) is 0 Å². The molecule has 180 valence electrons. The van der Waals surface area contributed by atoms with Gasteiger partial charge in [-0.15, -0.1) is 0 Å². The molecule has 0 bridgehead atoms. The van der Waals surface area contributed by atoms with E-state index in [0.29, 0.717) is 31.4 Å². The number of hydrogen-bond donors (Lipinski definition) is 0.